The summed E-state index contributed by atoms with van der Waals surface area (Å²) in [5, 5.41) is 7.94. The number of para-hydroxylation sites is 1. The van der Waals surface area contributed by atoms with Gasteiger partial charge in [0, 0.05) is 12.6 Å². The van der Waals surface area contributed by atoms with Gasteiger partial charge in [-0.25, -0.2) is 0 Å². The van der Waals surface area contributed by atoms with E-state index in [0.29, 0.717) is 10.7 Å². The number of H-pyrrole nitrogens is 1. The Morgan fingerprint density at radius 1 is 1.44 bits per heavy atom. The van der Waals surface area contributed by atoms with Crippen LogP contribution in [0.5, 0.6) is 0 Å². The van der Waals surface area contributed by atoms with Gasteiger partial charge in [0.25, 0.3) is 5.56 Å². The van der Waals surface area contributed by atoms with Crippen LogP contribution >= 0.6 is 12.2 Å². The quantitative estimate of drug-likeness (QED) is 0.427. The minimum atomic E-state index is -0.186. The normalized spacial score (nSPS) is 10.7. The van der Waals surface area contributed by atoms with E-state index in [9.17, 15) is 4.79 Å². The molecular formula is C12H12N4OS. The maximum Gasteiger partial charge on any atom is 0.257 e. The van der Waals surface area contributed by atoms with Crippen molar-refractivity contribution in [2.24, 2.45) is 5.10 Å². The Labute approximate surface area is 109 Å². The van der Waals surface area contributed by atoms with E-state index in [1.54, 1.807) is 13.1 Å². The molecule has 1 aromatic heterocycles. The highest BCUT2D eigenvalue weighted by atomic mass is 32.1. The Morgan fingerprint density at radius 3 is 3.00 bits per heavy atom. The zero-order valence-corrected chi connectivity index (χ0v) is 10.5. The van der Waals surface area contributed by atoms with Crippen molar-refractivity contribution in [3.63, 3.8) is 0 Å². The maximum atomic E-state index is 11.8. The molecule has 0 saturated carbocycles. The first-order valence-electron chi connectivity index (χ1n) is 5.33. The summed E-state index contributed by atoms with van der Waals surface area (Å²) >= 11 is 4.86. The Morgan fingerprint density at radius 2 is 2.22 bits per heavy atom. The average molecular weight is 260 g/mol. The molecule has 5 nitrogen and oxygen atoms in total. The third-order valence-electron chi connectivity index (χ3n) is 2.38. The van der Waals surface area contributed by atoms with Crippen LogP contribution in [0.25, 0.3) is 10.9 Å². The standard InChI is InChI=1S/C12H12N4OS/c1-13-12(18)16-14-7-9-6-8-4-2-3-5-10(8)15-11(9)17/h2-7H,1H3,(H,15,17)(H2,13,16,18)/b14-7-. The number of hydrogen-bond acceptors (Lipinski definition) is 3. The number of thiocarbonyl (C=S) groups is 1. The molecule has 0 radical (unpaired) electrons. The lowest BCUT2D eigenvalue weighted by atomic mass is 10.2. The fourth-order valence-corrected chi connectivity index (χ4v) is 1.53. The predicted octanol–water partition coefficient (Wildman–Crippen LogP) is 0.956. The van der Waals surface area contributed by atoms with Gasteiger partial charge in [0.1, 0.15) is 0 Å². The van der Waals surface area contributed by atoms with Crippen LogP contribution in [-0.2, 0) is 0 Å². The fraction of sp³-hybridized carbons (Fsp3) is 0.0833. The van der Waals surface area contributed by atoms with Gasteiger partial charge in [-0.05, 0) is 29.7 Å². The van der Waals surface area contributed by atoms with Crippen LogP contribution in [0.2, 0.25) is 0 Å². The molecule has 0 aliphatic rings. The largest absolute Gasteiger partial charge is 0.364 e. The lowest BCUT2D eigenvalue weighted by Crippen LogP contribution is -2.28. The molecule has 1 heterocycles. The summed E-state index contributed by atoms with van der Waals surface area (Å²) in [6, 6.07) is 9.34. The summed E-state index contributed by atoms with van der Waals surface area (Å²) < 4.78 is 0. The van der Waals surface area contributed by atoms with Crippen LogP contribution in [0.1, 0.15) is 5.56 Å². The van der Waals surface area contributed by atoms with Crippen molar-refractivity contribution in [1.82, 2.24) is 15.7 Å². The molecule has 0 spiro atoms. The van der Waals surface area contributed by atoms with Crippen LogP contribution in [0.15, 0.2) is 40.2 Å². The first-order chi connectivity index (χ1) is 8.70. The number of aromatic amines is 1. The minimum Gasteiger partial charge on any atom is -0.364 e. The molecule has 92 valence electrons. The average Bonchev–Trinajstić information content (AvgIpc) is 2.39. The summed E-state index contributed by atoms with van der Waals surface area (Å²) in [6.45, 7) is 0. The summed E-state index contributed by atoms with van der Waals surface area (Å²) in [4.78, 5) is 14.5. The van der Waals surface area contributed by atoms with E-state index in [0.717, 1.165) is 10.9 Å². The molecule has 3 N–H and O–H groups in total. The van der Waals surface area contributed by atoms with E-state index in [4.69, 9.17) is 12.2 Å². The third-order valence-corrected chi connectivity index (χ3v) is 2.67. The molecule has 0 aliphatic carbocycles. The van der Waals surface area contributed by atoms with Crippen molar-refractivity contribution in [3.8, 4) is 0 Å². The Kier molecular flexibility index (Phi) is 3.69. The Hall–Kier alpha value is -2.21. The second-order valence-corrected chi connectivity index (χ2v) is 4.00. The van der Waals surface area contributed by atoms with E-state index in [1.807, 2.05) is 24.3 Å². The third kappa shape index (κ3) is 2.72. The highest BCUT2D eigenvalue weighted by Gasteiger charge is 1.99. The number of nitrogens with one attached hydrogen (secondary N) is 3. The van der Waals surface area contributed by atoms with Gasteiger partial charge in [0.05, 0.1) is 11.8 Å². The number of rotatable bonds is 2. The molecule has 1 aromatic carbocycles. The van der Waals surface area contributed by atoms with Crippen LogP contribution in [0.4, 0.5) is 0 Å². The molecule has 0 unspecified atom stereocenters. The number of benzene rings is 1. The van der Waals surface area contributed by atoms with Crippen LogP contribution in [0.3, 0.4) is 0 Å². The van der Waals surface area contributed by atoms with E-state index in [1.165, 1.54) is 6.21 Å². The molecular weight excluding hydrogens is 248 g/mol. The highest BCUT2D eigenvalue weighted by molar-refractivity contribution is 7.80. The van der Waals surface area contributed by atoms with Gasteiger partial charge < -0.3 is 10.3 Å². The first kappa shape index (κ1) is 12.3. The zero-order valence-electron chi connectivity index (χ0n) is 9.73. The second kappa shape index (κ2) is 5.42. The Bertz CT molecular complexity index is 662. The van der Waals surface area contributed by atoms with Crippen molar-refractivity contribution in [2.45, 2.75) is 0 Å². The van der Waals surface area contributed by atoms with Gasteiger partial charge in [-0.1, -0.05) is 18.2 Å². The van der Waals surface area contributed by atoms with Gasteiger partial charge in [0.2, 0.25) is 0 Å². The molecule has 0 aliphatic heterocycles. The maximum absolute atomic E-state index is 11.8. The van der Waals surface area contributed by atoms with Crippen molar-refractivity contribution >= 4 is 34.4 Å². The lowest BCUT2D eigenvalue weighted by molar-refractivity contribution is 0.981. The van der Waals surface area contributed by atoms with Crippen LogP contribution < -0.4 is 16.3 Å². The van der Waals surface area contributed by atoms with Crippen molar-refractivity contribution < 1.29 is 0 Å². The number of aromatic nitrogens is 1. The summed E-state index contributed by atoms with van der Waals surface area (Å²) in [6.07, 6.45) is 1.44. The molecule has 2 aromatic rings. The molecule has 0 amide bonds. The van der Waals surface area contributed by atoms with Gasteiger partial charge in [-0.15, -0.1) is 0 Å². The van der Waals surface area contributed by atoms with Gasteiger partial charge in [-0.3, -0.25) is 10.2 Å². The molecule has 0 atom stereocenters. The minimum absolute atomic E-state index is 0.186. The summed E-state index contributed by atoms with van der Waals surface area (Å²) in [7, 11) is 1.69. The van der Waals surface area contributed by atoms with E-state index < -0.39 is 0 Å². The SMILES string of the molecule is CNC(=S)N/N=C\c1cc2ccccc2[nH]c1=O. The summed E-state index contributed by atoms with van der Waals surface area (Å²) in [5.74, 6) is 0. The monoisotopic (exact) mass is 260 g/mol. The van der Waals surface area contributed by atoms with Crippen LogP contribution in [-0.4, -0.2) is 23.4 Å². The van der Waals surface area contributed by atoms with Gasteiger partial charge >= 0.3 is 0 Å². The van der Waals surface area contributed by atoms with Crippen molar-refractivity contribution in [1.29, 1.82) is 0 Å². The lowest BCUT2D eigenvalue weighted by Gasteiger charge is -2.00. The first-order valence-corrected chi connectivity index (χ1v) is 5.74. The van der Waals surface area contributed by atoms with Crippen molar-refractivity contribution in [3.05, 3.63) is 46.2 Å². The van der Waals surface area contributed by atoms with E-state index in [2.05, 4.69) is 20.8 Å². The molecule has 0 bridgehead atoms. The zero-order chi connectivity index (χ0) is 13.0. The number of nitrogens with zero attached hydrogens (tertiary/aromatic N) is 1. The smallest absolute Gasteiger partial charge is 0.257 e. The number of pyridine rings is 1. The number of fused-ring (bicyclic) bond motifs is 1. The predicted molar refractivity (Wildman–Crippen MR) is 77.0 cm³/mol. The molecule has 6 heteroatoms. The highest BCUT2D eigenvalue weighted by Crippen LogP contribution is 2.08. The topological polar surface area (TPSA) is 69.3 Å². The van der Waals surface area contributed by atoms with Gasteiger partial charge in [0.15, 0.2) is 5.11 Å². The van der Waals surface area contributed by atoms with Gasteiger partial charge in [-0.2, -0.15) is 5.10 Å². The number of hydrogen-bond donors (Lipinski definition) is 3. The second-order valence-electron chi connectivity index (χ2n) is 3.59. The van der Waals surface area contributed by atoms with Crippen LogP contribution in [0, 0.1) is 0 Å². The van der Waals surface area contributed by atoms with E-state index in [-0.39, 0.29) is 5.56 Å². The number of hydrazone groups is 1. The molecule has 2 rings (SSSR count). The fourth-order valence-electron chi connectivity index (χ4n) is 1.48. The Balaban J connectivity index is 2.31. The molecule has 0 saturated heterocycles. The van der Waals surface area contributed by atoms with E-state index >= 15 is 0 Å². The molecule has 0 fully saturated rings. The summed E-state index contributed by atoms with van der Waals surface area (Å²) in [5.41, 5.74) is 3.68. The molecule has 18 heavy (non-hydrogen) atoms. The van der Waals surface area contributed by atoms with Crippen molar-refractivity contribution in [2.75, 3.05) is 7.05 Å².